The molecule has 0 unspecified atom stereocenters. The smallest absolute Gasteiger partial charge is 0.285 e. The Morgan fingerprint density at radius 3 is 2.26 bits per heavy atom. The van der Waals surface area contributed by atoms with Gasteiger partial charge in [0.15, 0.2) is 0 Å². The van der Waals surface area contributed by atoms with Crippen LogP contribution in [0.25, 0.3) is 0 Å². The minimum absolute atomic E-state index is 0.103. The monoisotopic (exact) mass is 315 g/mol. The number of nitrogens with zero attached hydrogens (tertiary/aromatic N) is 3. The van der Waals surface area contributed by atoms with Crippen LogP contribution in [0, 0.1) is 12.8 Å². The van der Waals surface area contributed by atoms with E-state index in [0.717, 1.165) is 43.1 Å². The maximum atomic E-state index is 12.8. The van der Waals surface area contributed by atoms with E-state index in [4.69, 9.17) is 0 Å². The van der Waals surface area contributed by atoms with Gasteiger partial charge in [0, 0.05) is 18.8 Å². The second-order valence-electron chi connectivity index (χ2n) is 6.87. The van der Waals surface area contributed by atoms with E-state index in [1.807, 2.05) is 31.2 Å². The molecule has 5 nitrogen and oxygen atoms in total. The topological polar surface area (TPSA) is 43.9 Å². The predicted molar refractivity (Wildman–Crippen MR) is 90.2 cm³/mol. The number of rotatable bonds is 3. The highest BCUT2D eigenvalue weighted by Gasteiger charge is 2.43. The summed E-state index contributed by atoms with van der Waals surface area (Å²) in [6.07, 6.45) is 2.26. The van der Waals surface area contributed by atoms with E-state index in [1.165, 1.54) is 4.90 Å². The molecule has 0 aromatic heterocycles. The third-order valence-electron chi connectivity index (χ3n) is 4.98. The van der Waals surface area contributed by atoms with Crippen molar-refractivity contribution < 1.29 is 9.59 Å². The van der Waals surface area contributed by atoms with Crippen LogP contribution < -0.4 is 4.90 Å². The Labute approximate surface area is 137 Å². The number of urea groups is 1. The van der Waals surface area contributed by atoms with Gasteiger partial charge in [0.2, 0.25) is 0 Å². The Morgan fingerprint density at radius 1 is 1.04 bits per heavy atom. The summed E-state index contributed by atoms with van der Waals surface area (Å²) in [6, 6.07) is 7.11. The summed E-state index contributed by atoms with van der Waals surface area (Å²) < 4.78 is 0. The van der Waals surface area contributed by atoms with Crippen LogP contribution in [-0.2, 0) is 4.79 Å². The van der Waals surface area contributed by atoms with Gasteiger partial charge in [-0.25, -0.2) is 9.69 Å². The Balaban J connectivity index is 1.74. The number of carbonyl (C=O) groups excluding carboxylic acids is 2. The van der Waals surface area contributed by atoms with Crippen LogP contribution in [-0.4, -0.2) is 47.5 Å². The summed E-state index contributed by atoms with van der Waals surface area (Å²) in [5.41, 5.74) is 1.93. The Kier molecular flexibility index (Phi) is 4.39. The Morgan fingerprint density at radius 2 is 1.65 bits per heavy atom. The molecule has 124 valence electrons. The first-order chi connectivity index (χ1) is 11.0. The van der Waals surface area contributed by atoms with Gasteiger partial charge in [0.25, 0.3) is 5.91 Å². The lowest BCUT2D eigenvalue weighted by Gasteiger charge is -2.32. The second kappa shape index (κ2) is 6.32. The fourth-order valence-corrected chi connectivity index (χ4v) is 3.30. The van der Waals surface area contributed by atoms with Gasteiger partial charge in [-0.15, -0.1) is 0 Å². The molecule has 0 bridgehead atoms. The first-order valence-corrected chi connectivity index (χ1v) is 8.41. The standard InChI is InChI=1S/C18H25N3O2/c1-13-4-6-16(7-5-13)21-15(3)17(22)20(18(21)23)12-19-10-8-14(2)9-11-19/h4-7,14-15H,8-12H2,1-3H3/t15-/m0/s1. The molecule has 1 aromatic rings. The highest BCUT2D eigenvalue weighted by atomic mass is 16.2. The van der Waals surface area contributed by atoms with Crippen molar-refractivity contribution in [3.05, 3.63) is 29.8 Å². The van der Waals surface area contributed by atoms with Gasteiger partial charge in [-0.1, -0.05) is 24.6 Å². The van der Waals surface area contributed by atoms with E-state index >= 15 is 0 Å². The molecular weight excluding hydrogens is 290 g/mol. The van der Waals surface area contributed by atoms with Gasteiger partial charge in [-0.3, -0.25) is 14.6 Å². The molecule has 2 saturated heterocycles. The SMILES string of the molecule is Cc1ccc(N2C(=O)N(CN3CCC(C)CC3)C(=O)[C@@H]2C)cc1. The van der Waals surface area contributed by atoms with Crippen molar-refractivity contribution in [2.75, 3.05) is 24.7 Å². The number of piperidine rings is 1. The summed E-state index contributed by atoms with van der Waals surface area (Å²) >= 11 is 0. The molecular formula is C18H25N3O2. The molecule has 2 heterocycles. The molecule has 0 aliphatic carbocycles. The summed E-state index contributed by atoms with van der Waals surface area (Å²) in [4.78, 5) is 30.5. The van der Waals surface area contributed by atoms with E-state index in [9.17, 15) is 9.59 Å². The van der Waals surface area contributed by atoms with Crippen LogP contribution in [0.1, 0.15) is 32.3 Å². The van der Waals surface area contributed by atoms with Gasteiger partial charge in [0.05, 0.1) is 6.67 Å². The van der Waals surface area contributed by atoms with E-state index in [2.05, 4.69) is 11.8 Å². The van der Waals surface area contributed by atoms with Crippen LogP contribution in [0.5, 0.6) is 0 Å². The molecule has 0 spiro atoms. The van der Waals surface area contributed by atoms with Crippen molar-refractivity contribution in [2.24, 2.45) is 5.92 Å². The molecule has 0 N–H and O–H groups in total. The molecule has 1 aromatic carbocycles. The highest BCUT2D eigenvalue weighted by Crippen LogP contribution is 2.27. The maximum Gasteiger partial charge on any atom is 0.333 e. The lowest BCUT2D eigenvalue weighted by atomic mass is 10.00. The number of likely N-dealkylation sites (tertiary alicyclic amines) is 1. The third-order valence-corrected chi connectivity index (χ3v) is 4.98. The van der Waals surface area contributed by atoms with Crippen LogP contribution in [0.3, 0.4) is 0 Å². The number of anilines is 1. The lowest BCUT2D eigenvalue weighted by molar-refractivity contribution is -0.128. The number of imide groups is 1. The Hall–Kier alpha value is -1.88. The first kappa shape index (κ1) is 16.0. The normalized spacial score (nSPS) is 23.9. The molecule has 2 fully saturated rings. The van der Waals surface area contributed by atoms with Crippen molar-refractivity contribution in [3.63, 3.8) is 0 Å². The largest absolute Gasteiger partial charge is 0.333 e. The van der Waals surface area contributed by atoms with Crippen LogP contribution in [0.15, 0.2) is 24.3 Å². The molecule has 0 radical (unpaired) electrons. The van der Waals surface area contributed by atoms with Crippen molar-refractivity contribution in [3.8, 4) is 0 Å². The van der Waals surface area contributed by atoms with E-state index < -0.39 is 6.04 Å². The van der Waals surface area contributed by atoms with E-state index in [1.54, 1.807) is 11.8 Å². The maximum absolute atomic E-state index is 12.8. The quantitative estimate of drug-likeness (QED) is 0.806. The van der Waals surface area contributed by atoms with E-state index in [-0.39, 0.29) is 11.9 Å². The van der Waals surface area contributed by atoms with Gasteiger partial charge in [0.1, 0.15) is 6.04 Å². The number of amides is 3. The third kappa shape index (κ3) is 3.11. The summed E-state index contributed by atoms with van der Waals surface area (Å²) in [6.45, 7) is 8.39. The van der Waals surface area contributed by atoms with Gasteiger partial charge in [-0.05, 0) is 44.7 Å². The van der Waals surface area contributed by atoms with Crippen LogP contribution >= 0.6 is 0 Å². The summed E-state index contributed by atoms with van der Waals surface area (Å²) in [5.74, 6) is 0.633. The van der Waals surface area contributed by atoms with Crippen LogP contribution in [0.4, 0.5) is 10.5 Å². The zero-order valence-corrected chi connectivity index (χ0v) is 14.2. The molecule has 2 aliphatic heterocycles. The number of hydrogen-bond donors (Lipinski definition) is 0. The minimum atomic E-state index is -0.436. The molecule has 5 heteroatoms. The number of carbonyl (C=O) groups is 2. The molecule has 1 atom stereocenters. The van der Waals surface area contributed by atoms with Crippen molar-refractivity contribution in [1.82, 2.24) is 9.80 Å². The minimum Gasteiger partial charge on any atom is -0.285 e. The molecule has 0 saturated carbocycles. The number of benzene rings is 1. The van der Waals surface area contributed by atoms with Crippen molar-refractivity contribution in [1.29, 1.82) is 0 Å². The first-order valence-electron chi connectivity index (χ1n) is 8.41. The van der Waals surface area contributed by atoms with Gasteiger partial charge in [-0.2, -0.15) is 0 Å². The molecule has 2 aliphatic rings. The fourth-order valence-electron chi connectivity index (χ4n) is 3.30. The fraction of sp³-hybridized carbons (Fsp3) is 0.556. The number of aryl methyl sites for hydroxylation is 1. The number of hydrogen-bond acceptors (Lipinski definition) is 3. The highest BCUT2D eigenvalue weighted by molar-refractivity contribution is 6.14. The molecule has 23 heavy (non-hydrogen) atoms. The van der Waals surface area contributed by atoms with Crippen molar-refractivity contribution >= 4 is 17.6 Å². The predicted octanol–water partition coefficient (Wildman–Crippen LogP) is 2.84. The average Bonchev–Trinajstić information content (AvgIpc) is 2.74. The summed E-state index contributed by atoms with van der Waals surface area (Å²) in [7, 11) is 0. The lowest BCUT2D eigenvalue weighted by Crippen LogP contribution is -2.45. The average molecular weight is 315 g/mol. The zero-order valence-electron chi connectivity index (χ0n) is 14.2. The molecule has 3 rings (SSSR count). The van der Waals surface area contributed by atoms with Gasteiger partial charge < -0.3 is 0 Å². The Bertz CT molecular complexity index is 591. The van der Waals surface area contributed by atoms with E-state index in [0.29, 0.717) is 6.67 Å². The van der Waals surface area contributed by atoms with Crippen molar-refractivity contribution in [2.45, 2.75) is 39.7 Å². The summed E-state index contributed by atoms with van der Waals surface area (Å²) in [5, 5.41) is 0. The van der Waals surface area contributed by atoms with Gasteiger partial charge >= 0.3 is 6.03 Å². The molecule has 3 amide bonds. The second-order valence-corrected chi connectivity index (χ2v) is 6.87. The van der Waals surface area contributed by atoms with Crippen LogP contribution in [0.2, 0.25) is 0 Å². The zero-order chi connectivity index (χ0) is 16.6.